The van der Waals surface area contributed by atoms with E-state index in [0.717, 1.165) is 12.1 Å². The van der Waals surface area contributed by atoms with Crippen molar-refractivity contribution in [3.8, 4) is 6.07 Å². The van der Waals surface area contributed by atoms with E-state index < -0.39 is 17.7 Å². The number of alkyl halides is 2. The van der Waals surface area contributed by atoms with Crippen LogP contribution in [0.4, 0.5) is 8.78 Å². The highest BCUT2D eigenvalue weighted by Crippen LogP contribution is 2.17. The van der Waals surface area contributed by atoms with Gasteiger partial charge in [-0.05, 0) is 6.07 Å². The normalized spacial score (nSPS) is 9.83. The Kier molecular flexibility index (Phi) is 2.19. The molecule has 1 rings (SSSR count). The first-order valence-electron chi connectivity index (χ1n) is 3.06. The van der Waals surface area contributed by atoms with Crippen LogP contribution in [0.5, 0.6) is 0 Å². The zero-order valence-corrected chi connectivity index (χ0v) is 5.84. The Bertz CT molecular complexity index is 378. The average molecular weight is 170 g/mol. The lowest BCUT2D eigenvalue weighted by Gasteiger charge is -1.99. The van der Waals surface area contributed by atoms with E-state index in [4.69, 9.17) is 5.26 Å². The summed E-state index contributed by atoms with van der Waals surface area (Å²) < 4.78 is 24.1. The molecular formula is C7H4F2N2O. The van der Waals surface area contributed by atoms with Crippen LogP contribution in [-0.2, 0) is 0 Å². The van der Waals surface area contributed by atoms with Crippen molar-refractivity contribution in [1.82, 2.24) is 4.98 Å². The molecule has 0 spiro atoms. The van der Waals surface area contributed by atoms with Gasteiger partial charge in [-0.15, -0.1) is 0 Å². The Morgan fingerprint density at radius 2 is 2.17 bits per heavy atom. The molecule has 12 heavy (non-hydrogen) atoms. The molecule has 0 bridgehead atoms. The summed E-state index contributed by atoms with van der Waals surface area (Å²) in [6.07, 6.45) is -2.83. The molecule has 0 fully saturated rings. The van der Waals surface area contributed by atoms with Gasteiger partial charge in [-0.3, -0.25) is 4.79 Å². The van der Waals surface area contributed by atoms with E-state index in [9.17, 15) is 13.6 Å². The van der Waals surface area contributed by atoms with Gasteiger partial charge >= 0.3 is 0 Å². The minimum absolute atomic E-state index is 0.204. The van der Waals surface area contributed by atoms with Gasteiger partial charge in [0.2, 0.25) is 5.56 Å². The van der Waals surface area contributed by atoms with Crippen LogP contribution in [0.15, 0.2) is 16.9 Å². The summed E-state index contributed by atoms with van der Waals surface area (Å²) in [6.45, 7) is 0. The Morgan fingerprint density at radius 3 is 2.67 bits per heavy atom. The standard InChI is InChI=1S/C7H4F2N2O/c8-7(9)6-4(3-10)1-2-5(12)11-6/h1-2,7H,(H,11,12). The van der Waals surface area contributed by atoms with Gasteiger partial charge < -0.3 is 4.98 Å². The highest BCUT2D eigenvalue weighted by molar-refractivity contribution is 5.32. The maximum Gasteiger partial charge on any atom is 0.279 e. The number of nitriles is 1. The third kappa shape index (κ3) is 1.48. The van der Waals surface area contributed by atoms with E-state index in [1.54, 1.807) is 6.07 Å². The molecule has 1 N–H and O–H groups in total. The number of aromatic amines is 1. The fourth-order valence-electron chi connectivity index (χ4n) is 0.760. The summed E-state index contributed by atoms with van der Waals surface area (Å²) >= 11 is 0. The zero-order chi connectivity index (χ0) is 9.14. The molecule has 0 saturated carbocycles. The van der Waals surface area contributed by atoms with Crippen LogP contribution in [0.3, 0.4) is 0 Å². The minimum atomic E-state index is -2.83. The molecule has 62 valence electrons. The molecule has 0 unspecified atom stereocenters. The molecule has 0 aliphatic carbocycles. The second-order valence-corrected chi connectivity index (χ2v) is 2.06. The summed E-state index contributed by atoms with van der Waals surface area (Å²) in [6, 6.07) is 3.66. The summed E-state index contributed by atoms with van der Waals surface area (Å²) in [5.74, 6) is 0. The highest BCUT2D eigenvalue weighted by atomic mass is 19.3. The quantitative estimate of drug-likeness (QED) is 0.688. The largest absolute Gasteiger partial charge is 0.320 e. The molecular weight excluding hydrogens is 166 g/mol. The first kappa shape index (κ1) is 8.40. The predicted octanol–water partition coefficient (Wildman–Crippen LogP) is 1.18. The van der Waals surface area contributed by atoms with Crippen molar-refractivity contribution in [3.63, 3.8) is 0 Å². The molecule has 3 nitrogen and oxygen atoms in total. The van der Waals surface area contributed by atoms with Crippen LogP contribution in [-0.4, -0.2) is 4.98 Å². The molecule has 0 aliphatic rings. The van der Waals surface area contributed by atoms with Gasteiger partial charge in [-0.1, -0.05) is 0 Å². The van der Waals surface area contributed by atoms with E-state index in [0.29, 0.717) is 0 Å². The third-order valence-electron chi connectivity index (χ3n) is 1.29. The number of nitrogens with one attached hydrogen (secondary N) is 1. The Morgan fingerprint density at radius 1 is 1.50 bits per heavy atom. The Balaban J connectivity index is 3.34. The topological polar surface area (TPSA) is 56.6 Å². The van der Waals surface area contributed by atoms with Crippen molar-refractivity contribution in [3.05, 3.63) is 33.7 Å². The van der Waals surface area contributed by atoms with Crippen LogP contribution in [0.2, 0.25) is 0 Å². The number of H-pyrrole nitrogens is 1. The second-order valence-electron chi connectivity index (χ2n) is 2.06. The molecule has 0 atom stereocenters. The fourth-order valence-corrected chi connectivity index (χ4v) is 0.760. The molecule has 0 aromatic carbocycles. The third-order valence-corrected chi connectivity index (χ3v) is 1.29. The SMILES string of the molecule is N#Cc1ccc(=O)[nH]c1C(F)F. The van der Waals surface area contributed by atoms with Crippen molar-refractivity contribution in [2.24, 2.45) is 0 Å². The first-order chi connectivity index (χ1) is 5.65. The van der Waals surface area contributed by atoms with E-state index in [-0.39, 0.29) is 5.56 Å². The van der Waals surface area contributed by atoms with Crippen molar-refractivity contribution >= 4 is 0 Å². The van der Waals surface area contributed by atoms with Gasteiger partial charge in [0.25, 0.3) is 6.43 Å². The Labute approximate surface area is 66.3 Å². The predicted molar refractivity (Wildman–Crippen MR) is 36.7 cm³/mol. The lowest BCUT2D eigenvalue weighted by molar-refractivity contribution is 0.145. The van der Waals surface area contributed by atoms with E-state index in [1.165, 1.54) is 0 Å². The molecule has 0 amide bonds. The second kappa shape index (κ2) is 3.13. The maximum atomic E-state index is 12.1. The van der Waals surface area contributed by atoms with Crippen molar-refractivity contribution < 1.29 is 8.78 Å². The number of aromatic nitrogens is 1. The van der Waals surface area contributed by atoms with Crippen molar-refractivity contribution in [2.75, 3.05) is 0 Å². The summed E-state index contributed by atoms with van der Waals surface area (Å²) in [5, 5.41) is 8.35. The maximum absolute atomic E-state index is 12.1. The van der Waals surface area contributed by atoms with Crippen LogP contribution in [0.1, 0.15) is 17.7 Å². The van der Waals surface area contributed by atoms with Gasteiger partial charge in [0.1, 0.15) is 11.8 Å². The average Bonchev–Trinajstić information content (AvgIpc) is 2.04. The number of pyridine rings is 1. The summed E-state index contributed by atoms with van der Waals surface area (Å²) in [4.78, 5) is 12.5. The number of rotatable bonds is 1. The molecule has 0 saturated heterocycles. The number of nitrogens with zero attached hydrogens (tertiary/aromatic N) is 1. The van der Waals surface area contributed by atoms with Gasteiger partial charge in [-0.2, -0.15) is 5.26 Å². The highest BCUT2D eigenvalue weighted by Gasteiger charge is 2.12. The van der Waals surface area contributed by atoms with Gasteiger partial charge in [0.15, 0.2) is 0 Å². The molecule has 1 aromatic rings. The summed E-state index contributed by atoms with van der Waals surface area (Å²) in [5.41, 5.74) is -1.46. The lowest BCUT2D eigenvalue weighted by Crippen LogP contribution is -2.09. The van der Waals surface area contributed by atoms with Gasteiger partial charge in [0, 0.05) is 6.07 Å². The zero-order valence-electron chi connectivity index (χ0n) is 5.84. The number of hydrogen-bond acceptors (Lipinski definition) is 2. The van der Waals surface area contributed by atoms with Gasteiger partial charge in [0.05, 0.1) is 5.56 Å². The fraction of sp³-hybridized carbons (Fsp3) is 0.143. The molecule has 1 aromatic heterocycles. The Hall–Kier alpha value is -1.70. The number of halogens is 2. The van der Waals surface area contributed by atoms with Crippen LogP contribution in [0.25, 0.3) is 0 Å². The van der Waals surface area contributed by atoms with E-state index in [1.807, 2.05) is 4.98 Å². The number of hydrogen-bond donors (Lipinski definition) is 1. The van der Waals surface area contributed by atoms with Crippen molar-refractivity contribution in [2.45, 2.75) is 6.43 Å². The van der Waals surface area contributed by atoms with E-state index in [2.05, 4.69) is 0 Å². The van der Waals surface area contributed by atoms with Crippen LogP contribution < -0.4 is 5.56 Å². The smallest absolute Gasteiger partial charge is 0.279 e. The molecule has 5 heteroatoms. The summed E-state index contributed by atoms with van der Waals surface area (Å²) in [7, 11) is 0. The molecule has 0 radical (unpaired) electrons. The van der Waals surface area contributed by atoms with Crippen LogP contribution >= 0.6 is 0 Å². The monoisotopic (exact) mass is 170 g/mol. The minimum Gasteiger partial charge on any atom is -0.320 e. The molecule has 0 aliphatic heterocycles. The van der Waals surface area contributed by atoms with E-state index >= 15 is 0 Å². The lowest BCUT2D eigenvalue weighted by atomic mass is 10.2. The van der Waals surface area contributed by atoms with Crippen molar-refractivity contribution in [1.29, 1.82) is 5.26 Å². The first-order valence-corrected chi connectivity index (χ1v) is 3.06. The van der Waals surface area contributed by atoms with Gasteiger partial charge in [-0.25, -0.2) is 8.78 Å². The molecule has 1 heterocycles. The van der Waals surface area contributed by atoms with Crippen LogP contribution in [0, 0.1) is 11.3 Å².